The predicted molar refractivity (Wildman–Crippen MR) is 112 cm³/mol. The number of carbonyl (C=O) groups is 1. The fourth-order valence-corrected chi connectivity index (χ4v) is 5.26. The first-order valence-electron chi connectivity index (χ1n) is 9.87. The Kier molecular flexibility index (Phi) is 4.91. The zero-order valence-electron chi connectivity index (χ0n) is 16.9. The highest BCUT2D eigenvalue weighted by molar-refractivity contribution is 7.89. The largest absolute Gasteiger partial charge is 0.487 e. The first-order valence-corrected chi connectivity index (χ1v) is 11.4. The van der Waals surface area contributed by atoms with Crippen LogP contribution in [0.15, 0.2) is 47.4 Å². The summed E-state index contributed by atoms with van der Waals surface area (Å²) >= 11 is 0. The van der Waals surface area contributed by atoms with E-state index in [2.05, 4.69) is 4.72 Å². The third-order valence-electron chi connectivity index (χ3n) is 5.46. The van der Waals surface area contributed by atoms with Crippen molar-refractivity contribution in [3.8, 4) is 5.75 Å². The van der Waals surface area contributed by atoms with Crippen molar-refractivity contribution in [3.05, 3.63) is 53.6 Å². The van der Waals surface area contributed by atoms with E-state index in [-0.39, 0.29) is 16.8 Å². The molecule has 1 amide bonds. The fourth-order valence-electron chi connectivity index (χ4n) is 4.05. The highest BCUT2D eigenvalue weighted by atomic mass is 32.2. The van der Waals surface area contributed by atoms with Gasteiger partial charge in [-0.15, -0.1) is 0 Å². The van der Waals surface area contributed by atoms with Crippen molar-refractivity contribution < 1.29 is 17.9 Å². The van der Waals surface area contributed by atoms with E-state index in [9.17, 15) is 13.2 Å². The monoisotopic (exact) mass is 414 g/mol. The lowest BCUT2D eigenvalue weighted by molar-refractivity contribution is -0.117. The minimum Gasteiger partial charge on any atom is -0.487 e. The predicted octanol–water partition coefficient (Wildman–Crippen LogP) is 3.70. The van der Waals surface area contributed by atoms with Gasteiger partial charge in [-0.2, -0.15) is 0 Å². The minimum absolute atomic E-state index is 0.0788. The van der Waals surface area contributed by atoms with Gasteiger partial charge in [-0.3, -0.25) is 4.79 Å². The summed E-state index contributed by atoms with van der Waals surface area (Å²) in [5.74, 6) is 0.798. The van der Waals surface area contributed by atoms with Crippen LogP contribution in [0.4, 0.5) is 5.69 Å². The van der Waals surface area contributed by atoms with E-state index in [1.165, 1.54) is 0 Å². The molecule has 0 aliphatic carbocycles. The molecule has 7 heteroatoms. The molecule has 2 heterocycles. The Morgan fingerprint density at radius 2 is 1.86 bits per heavy atom. The van der Waals surface area contributed by atoms with Crippen LogP contribution >= 0.6 is 0 Å². The molecule has 1 fully saturated rings. The molecule has 1 N–H and O–H groups in total. The molecule has 0 radical (unpaired) electrons. The van der Waals surface area contributed by atoms with Crippen molar-refractivity contribution in [1.29, 1.82) is 0 Å². The third kappa shape index (κ3) is 4.02. The lowest BCUT2D eigenvalue weighted by Gasteiger charge is -2.38. The maximum Gasteiger partial charge on any atom is 0.241 e. The van der Waals surface area contributed by atoms with Crippen molar-refractivity contribution in [1.82, 2.24) is 4.72 Å². The molecule has 1 unspecified atom stereocenters. The number of hydrogen-bond acceptors (Lipinski definition) is 4. The topological polar surface area (TPSA) is 75.7 Å². The summed E-state index contributed by atoms with van der Waals surface area (Å²) in [6.07, 6.45) is 1.90. The SMILES string of the molecule is Cc1ccc2c(c1)OC(C)(C)CC2NS(=O)(=O)c1ccc(N2CCCC2=O)cc1. The standard InChI is InChI=1S/C22H26N2O4S/c1-15-6-11-18-19(14-22(2,3)28-20(18)13-15)23-29(26,27)17-9-7-16(8-10-17)24-12-4-5-21(24)25/h6-11,13,19,23H,4-5,12,14H2,1-3H3. The highest BCUT2D eigenvalue weighted by Crippen LogP contribution is 2.40. The van der Waals surface area contributed by atoms with E-state index < -0.39 is 15.6 Å². The zero-order chi connectivity index (χ0) is 20.8. The lowest BCUT2D eigenvalue weighted by Crippen LogP contribution is -2.41. The highest BCUT2D eigenvalue weighted by Gasteiger charge is 2.36. The normalized spacial score (nSPS) is 21.0. The summed E-state index contributed by atoms with van der Waals surface area (Å²) in [5.41, 5.74) is 2.17. The summed E-state index contributed by atoms with van der Waals surface area (Å²) in [6, 6.07) is 12.0. The molecule has 154 valence electrons. The van der Waals surface area contributed by atoms with Crippen LogP contribution in [0.25, 0.3) is 0 Å². The number of aryl methyl sites for hydroxylation is 1. The average Bonchev–Trinajstić information content (AvgIpc) is 3.06. The number of hydrogen-bond donors (Lipinski definition) is 1. The maximum absolute atomic E-state index is 13.1. The van der Waals surface area contributed by atoms with Crippen LogP contribution in [0.3, 0.4) is 0 Å². The first kappa shape index (κ1) is 19.9. The molecule has 6 nitrogen and oxygen atoms in total. The molecule has 2 aromatic carbocycles. The minimum atomic E-state index is -3.73. The van der Waals surface area contributed by atoms with E-state index >= 15 is 0 Å². The molecular weight excluding hydrogens is 388 g/mol. The summed E-state index contributed by atoms with van der Waals surface area (Å²) in [7, 11) is -3.73. The molecule has 2 aromatic rings. The van der Waals surface area contributed by atoms with Gasteiger partial charge in [0.25, 0.3) is 0 Å². The van der Waals surface area contributed by atoms with Crippen LogP contribution in [-0.4, -0.2) is 26.5 Å². The molecular formula is C22H26N2O4S. The molecule has 1 atom stereocenters. The molecule has 1 saturated heterocycles. The quantitative estimate of drug-likeness (QED) is 0.828. The summed E-state index contributed by atoms with van der Waals surface area (Å²) in [6.45, 7) is 6.58. The Morgan fingerprint density at radius 1 is 1.14 bits per heavy atom. The second-order valence-corrected chi connectivity index (χ2v) is 10.1. The smallest absolute Gasteiger partial charge is 0.241 e. The van der Waals surface area contributed by atoms with Crippen LogP contribution in [0, 0.1) is 6.92 Å². The number of fused-ring (bicyclic) bond motifs is 1. The van der Waals surface area contributed by atoms with Gasteiger partial charge in [-0.25, -0.2) is 13.1 Å². The van der Waals surface area contributed by atoms with Gasteiger partial charge < -0.3 is 9.64 Å². The maximum atomic E-state index is 13.1. The van der Waals surface area contributed by atoms with Crippen LogP contribution in [0.5, 0.6) is 5.75 Å². The van der Waals surface area contributed by atoms with Gasteiger partial charge >= 0.3 is 0 Å². The van der Waals surface area contributed by atoms with Gasteiger partial charge in [-0.1, -0.05) is 12.1 Å². The third-order valence-corrected chi connectivity index (χ3v) is 6.94. The van der Waals surface area contributed by atoms with Crippen LogP contribution in [-0.2, 0) is 14.8 Å². The van der Waals surface area contributed by atoms with E-state index in [0.29, 0.717) is 19.4 Å². The number of amides is 1. The second-order valence-electron chi connectivity index (χ2n) is 8.42. The second kappa shape index (κ2) is 7.15. The number of ether oxygens (including phenoxy) is 1. The van der Waals surface area contributed by atoms with Crippen LogP contribution in [0.2, 0.25) is 0 Å². The van der Waals surface area contributed by atoms with Crippen molar-refractivity contribution in [2.75, 3.05) is 11.4 Å². The van der Waals surface area contributed by atoms with Crippen molar-refractivity contribution in [2.45, 2.75) is 56.6 Å². The molecule has 0 aromatic heterocycles. The van der Waals surface area contributed by atoms with Gasteiger partial charge in [0.1, 0.15) is 11.4 Å². The van der Waals surface area contributed by atoms with Gasteiger partial charge in [0.15, 0.2) is 0 Å². The Bertz CT molecular complexity index is 1040. The number of carbonyl (C=O) groups excluding carboxylic acids is 1. The number of nitrogens with one attached hydrogen (secondary N) is 1. The molecule has 0 spiro atoms. The summed E-state index contributed by atoms with van der Waals surface area (Å²) in [4.78, 5) is 13.8. The van der Waals surface area contributed by atoms with E-state index in [1.54, 1.807) is 29.2 Å². The van der Waals surface area contributed by atoms with E-state index in [0.717, 1.165) is 29.0 Å². The van der Waals surface area contributed by atoms with Crippen molar-refractivity contribution in [2.24, 2.45) is 0 Å². The van der Waals surface area contributed by atoms with Gasteiger partial charge in [0, 0.05) is 30.6 Å². The van der Waals surface area contributed by atoms with Crippen molar-refractivity contribution >= 4 is 21.6 Å². The molecule has 4 rings (SSSR count). The number of rotatable bonds is 4. The van der Waals surface area contributed by atoms with E-state index in [4.69, 9.17) is 4.74 Å². The molecule has 29 heavy (non-hydrogen) atoms. The first-order chi connectivity index (χ1) is 13.6. The Labute approximate surface area is 171 Å². The van der Waals surface area contributed by atoms with Gasteiger partial charge in [0.05, 0.1) is 10.9 Å². The Hall–Kier alpha value is -2.38. The van der Waals surface area contributed by atoms with Crippen LogP contribution < -0.4 is 14.4 Å². The van der Waals surface area contributed by atoms with Gasteiger partial charge in [-0.05, 0) is 63.1 Å². The molecule has 2 aliphatic rings. The van der Waals surface area contributed by atoms with Crippen LogP contribution in [0.1, 0.15) is 50.3 Å². The number of sulfonamides is 1. The average molecular weight is 415 g/mol. The Balaban J connectivity index is 1.59. The zero-order valence-corrected chi connectivity index (χ0v) is 17.8. The fraction of sp³-hybridized carbons (Fsp3) is 0.409. The van der Waals surface area contributed by atoms with E-state index in [1.807, 2.05) is 39.0 Å². The molecule has 0 saturated carbocycles. The van der Waals surface area contributed by atoms with Crippen molar-refractivity contribution in [3.63, 3.8) is 0 Å². The number of nitrogens with zero attached hydrogens (tertiary/aromatic N) is 1. The lowest BCUT2D eigenvalue weighted by atomic mass is 9.90. The molecule has 2 aliphatic heterocycles. The number of benzene rings is 2. The van der Waals surface area contributed by atoms with Gasteiger partial charge in [0.2, 0.25) is 15.9 Å². The molecule has 0 bridgehead atoms. The Morgan fingerprint density at radius 3 is 2.52 bits per heavy atom. The number of anilines is 1. The summed E-state index contributed by atoms with van der Waals surface area (Å²) < 4.78 is 35.0. The summed E-state index contributed by atoms with van der Waals surface area (Å²) in [5, 5.41) is 0.